The Hall–Kier alpha value is -0.580. The molecule has 26 nitrogen and oxygen atoms in total. The third kappa shape index (κ3) is 18.8. The maximum atomic E-state index is 12.5. The molecule has 1 aliphatic rings. The van der Waals surface area contributed by atoms with Gasteiger partial charge in [-0.3, -0.25) is 32.9 Å². The van der Waals surface area contributed by atoms with E-state index < -0.39 is 102 Å². The number of thioether (sulfide) groups is 1. The van der Waals surface area contributed by atoms with Crippen molar-refractivity contribution in [1.82, 2.24) is 30.2 Å². The Bertz CT molecular complexity index is 1850. The average Bonchev–Trinajstić information content (AvgIpc) is 3.60. The maximum Gasteiger partial charge on any atom is 1.00 e. The van der Waals surface area contributed by atoms with Crippen LogP contribution in [0.3, 0.4) is 0 Å². The van der Waals surface area contributed by atoms with Crippen LogP contribution in [-0.2, 0) is 55.5 Å². The van der Waals surface area contributed by atoms with Gasteiger partial charge in [0.15, 0.2) is 22.8 Å². The van der Waals surface area contributed by atoms with Crippen LogP contribution < -0.4 is 111 Å². The number of aliphatic hydroxyl groups is 2. The summed E-state index contributed by atoms with van der Waals surface area (Å²) >= 11 is 0.706. The maximum absolute atomic E-state index is 12.5. The molecular weight excluding hydrogens is 843 g/mol. The summed E-state index contributed by atoms with van der Waals surface area (Å²) in [5, 5.41) is 33.8. The van der Waals surface area contributed by atoms with Crippen LogP contribution in [0.2, 0.25) is 0 Å². The van der Waals surface area contributed by atoms with Crippen LogP contribution in [0.1, 0.15) is 32.9 Å². The molecule has 0 spiro atoms. The molecule has 58 heavy (non-hydrogen) atoms. The quantitative estimate of drug-likeness (QED) is 0.0293. The van der Waals surface area contributed by atoms with E-state index in [4.69, 9.17) is 15.6 Å². The first-order chi connectivity index (χ1) is 24.9. The van der Waals surface area contributed by atoms with Crippen LogP contribution in [-0.4, -0.2) is 114 Å². The first-order valence-electron chi connectivity index (χ1n) is 15.1. The van der Waals surface area contributed by atoms with E-state index in [1.165, 1.54) is 0 Å². The van der Waals surface area contributed by atoms with Crippen molar-refractivity contribution in [3.05, 3.63) is 12.7 Å². The second-order valence-corrected chi connectivity index (χ2v) is 17.0. The fourth-order valence-corrected chi connectivity index (χ4v) is 7.84. The number of phosphoric acid groups is 3. The van der Waals surface area contributed by atoms with Crippen LogP contribution >= 0.6 is 35.2 Å². The molecule has 0 radical (unpaired) electrons. The molecule has 7 N–H and O–H groups in total. The molecule has 3 heterocycles. The number of amides is 2. The number of ether oxygens (including phenoxy) is 1. The zero-order valence-corrected chi connectivity index (χ0v) is 35.5. The van der Waals surface area contributed by atoms with Gasteiger partial charge in [0.05, 0.1) is 27.4 Å². The van der Waals surface area contributed by atoms with E-state index >= 15 is 0 Å². The zero-order valence-electron chi connectivity index (χ0n) is 32.0. The van der Waals surface area contributed by atoms with Gasteiger partial charge in [0.25, 0.3) is 15.6 Å². The third-order valence-electron chi connectivity index (χ3n) is 7.04. The standard InChI is InChI=1S/C24H38N7O19P3S.4Li/c1-24(2,19(37)22(38)27-4-3-13(32)26-5-6-54-15(35)7-14(33)34)9-47-53(44,45)50-52(42,43)46-8-12-18(49-51(39,40)41)17(36)23(48-12)31-11-30-16-20(25)28-10-29-21(16)31;;;;/h10-12,17-19,23,36-37H,3-9H2,1-2H3,(H,26,32)(H,27,38)(H,33,34)(H,42,43)(H,44,45)(H2,25,28,29)(H2,39,40,41);;;;/q;4*+1/p-4/t12-,17-,18-,19?,23-;;;;/m1..../s1. The normalized spacial score (nSPS) is 20.4. The summed E-state index contributed by atoms with van der Waals surface area (Å²) < 4.78 is 60.2. The second kappa shape index (κ2) is 25.5. The minimum atomic E-state index is -5.93. The Balaban J connectivity index is 0. The van der Waals surface area contributed by atoms with Gasteiger partial charge in [-0.25, -0.2) is 19.3 Å². The number of nitrogens with two attached hydrogens (primary N) is 1. The van der Waals surface area contributed by atoms with E-state index in [1.54, 1.807) is 0 Å². The number of carbonyl (C=O) groups excluding carboxylic acids is 3. The molecule has 3 unspecified atom stereocenters. The Morgan fingerprint density at radius 3 is 2.24 bits per heavy atom. The number of anilines is 1. The summed E-state index contributed by atoms with van der Waals surface area (Å²) in [4.78, 5) is 105. The SMILES string of the molecule is CC(C)(COP(=O)([O-])OP(=O)([O-])OC[C@H]1O[C@@H](n2cnc3c(N)ncnc32)[C@H](O)[C@@H]1OP(=O)([O-])[O-])C(O)C(=O)NCCC(=O)NCCSC(=O)CC(=O)O.[Li+].[Li+].[Li+].[Li+]. The number of nitrogens with one attached hydrogen (secondary N) is 2. The summed E-state index contributed by atoms with van der Waals surface area (Å²) in [6.07, 6.45) is -8.46. The van der Waals surface area contributed by atoms with E-state index in [9.17, 15) is 62.7 Å². The van der Waals surface area contributed by atoms with Gasteiger partial charge < -0.3 is 74.1 Å². The Labute approximate surface area is 381 Å². The van der Waals surface area contributed by atoms with Gasteiger partial charge in [0, 0.05) is 30.7 Å². The van der Waals surface area contributed by atoms with Gasteiger partial charge in [-0.2, -0.15) is 0 Å². The van der Waals surface area contributed by atoms with Gasteiger partial charge >= 0.3 is 81.4 Å². The van der Waals surface area contributed by atoms with Gasteiger partial charge in [0.1, 0.15) is 42.7 Å². The van der Waals surface area contributed by atoms with Crippen LogP contribution in [0.5, 0.6) is 0 Å². The number of nitrogens with zero attached hydrogens (tertiary/aromatic N) is 4. The number of phosphoric ester groups is 3. The number of rotatable bonds is 21. The number of carbonyl (C=O) groups is 4. The van der Waals surface area contributed by atoms with E-state index in [1.807, 2.05) is 0 Å². The van der Waals surface area contributed by atoms with Crippen molar-refractivity contribution in [2.75, 3.05) is 37.8 Å². The second-order valence-electron chi connectivity index (χ2n) is 11.8. The minimum absolute atomic E-state index is 0. The Morgan fingerprint density at radius 1 is 1.02 bits per heavy atom. The van der Waals surface area contributed by atoms with Gasteiger partial charge in [0.2, 0.25) is 11.8 Å². The van der Waals surface area contributed by atoms with Crippen molar-refractivity contribution in [3.63, 3.8) is 0 Å². The van der Waals surface area contributed by atoms with Crippen molar-refractivity contribution in [2.24, 2.45) is 5.41 Å². The molecule has 1 saturated heterocycles. The molecular formula is C24H34Li4N7O19P3S. The fraction of sp³-hybridized carbons (Fsp3) is 0.625. The molecule has 3 rings (SSSR count). The number of carboxylic acids is 1. The number of aliphatic carboxylic acids is 1. The van der Waals surface area contributed by atoms with Crippen LogP contribution in [0.4, 0.5) is 5.82 Å². The molecule has 2 aromatic heterocycles. The number of carboxylic acid groups (broad SMARTS) is 1. The zero-order chi connectivity index (χ0) is 40.6. The number of hydrogen-bond acceptors (Lipinski definition) is 23. The topological polar surface area (TPSA) is 412 Å². The molecule has 0 aliphatic carbocycles. The van der Waals surface area contributed by atoms with Crippen molar-refractivity contribution < 1.29 is 166 Å². The first-order valence-corrected chi connectivity index (χ1v) is 20.5. The number of fused-ring (bicyclic) bond motifs is 1. The number of nitrogen functional groups attached to an aromatic ring is 1. The molecule has 7 atom stereocenters. The smallest absolute Gasteiger partial charge is 0.790 e. The van der Waals surface area contributed by atoms with Crippen molar-refractivity contribution in [2.45, 2.75) is 57.3 Å². The van der Waals surface area contributed by atoms with Crippen molar-refractivity contribution in [1.29, 1.82) is 0 Å². The fourth-order valence-electron chi connectivity index (χ4n) is 4.45. The molecule has 1 fully saturated rings. The predicted octanol–water partition coefficient (Wildman–Crippen LogP) is -16.4. The summed E-state index contributed by atoms with van der Waals surface area (Å²) in [5.74, 6) is -2.91. The molecule has 0 aromatic carbocycles. The van der Waals surface area contributed by atoms with Gasteiger partial charge in [-0.05, 0) is 0 Å². The number of aliphatic hydroxyl groups excluding tert-OH is 2. The number of hydrogen-bond donors (Lipinski definition) is 6. The van der Waals surface area contributed by atoms with Crippen LogP contribution in [0.25, 0.3) is 11.2 Å². The van der Waals surface area contributed by atoms with E-state index in [0.29, 0.717) is 11.8 Å². The van der Waals surface area contributed by atoms with Crippen molar-refractivity contribution in [3.8, 4) is 0 Å². The van der Waals surface area contributed by atoms with Crippen molar-refractivity contribution >= 4 is 75.1 Å². The molecule has 0 saturated carbocycles. The minimum Gasteiger partial charge on any atom is -0.790 e. The van der Waals surface area contributed by atoms with Gasteiger partial charge in [-0.15, -0.1) is 0 Å². The van der Waals surface area contributed by atoms with E-state index in [2.05, 4.69) is 43.5 Å². The molecule has 2 aromatic rings. The molecule has 304 valence electrons. The summed E-state index contributed by atoms with van der Waals surface area (Å²) in [6.45, 7) is -0.268. The number of imidazole rings is 1. The molecule has 2 amide bonds. The number of aromatic nitrogens is 4. The largest absolute Gasteiger partial charge is 1.00 e. The predicted molar refractivity (Wildman–Crippen MR) is 170 cm³/mol. The summed E-state index contributed by atoms with van der Waals surface area (Å²) in [7, 11) is -17.6. The summed E-state index contributed by atoms with van der Waals surface area (Å²) in [5.41, 5.74) is 3.99. The van der Waals surface area contributed by atoms with Gasteiger partial charge in [-0.1, -0.05) is 25.6 Å². The molecule has 0 bridgehead atoms. The van der Waals surface area contributed by atoms with E-state index in [-0.39, 0.29) is 118 Å². The molecule has 34 heteroatoms. The third-order valence-corrected chi connectivity index (χ3v) is 10.9. The Morgan fingerprint density at radius 2 is 1.64 bits per heavy atom. The first kappa shape index (κ1) is 59.5. The Kier molecular flexibility index (Phi) is 26.2. The van der Waals surface area contributed by atoms with Crippen LogP contribution in [0, 0.1) is 5.41 Å². The molecule has 1 aliphatic heterocycles. The van der Waals surface area contributed by atoms with E-state index in [0.717, 1.165) is 31.1 Å². The summed E-state index contributed by atoms with van der Waals surface area (Å²) in [6, 6.07) is 0. The van der Waals surface area contributed by atoms with Crippen LogP contribution in [0.15, 0.2) is 12.7 Å². The monoisotopic (exact) mass is 877 g/mol. The average molecular weight is 877 g/mol.